The molecule has 0 spiro atoms. The number of rotatable bonds is 5. The fraction of sp³-hybridized carbons (Fsp3) is 0.571. The molecule has 0 aliphatic rings. The maximum absolute atomic E-state index is 10.9. The van der Waals surface area contributed by atoms with Crippen LogP contribution in [0.25, 0.3) is 0 Å². The molecule has 73 valence electrons. The summed E-state index contributed by atoms with van der Waals surface area (Å²) in [5.41, 5.74) is 5.18. The van der Waals surface area contributed by atoms with E-state index in [1.54, 1.807) is 0 Å². The topological polar surface area (TPSA) is 109 Å². The van der Waals surface area contributed by atoms with E-state index in [4.69, 9.17) is 10.8 Å². The Bertz CT molecular complexity index is 215. The van der Waals surface area contributed by atoms with Gasteiger partial charge in [0.05, 0.1) is 12.5 Å². The zero-order chi connectivity index (χ0) is 10.4. The lowest BCUT2D eigenvalue weighted by Gasteiger charge is -2.11. The minimum absolute atomic E-state index is 0.484. The van der Waals surface area contributed by atoms with Crippen LogP contribution >= 0.6 is 0 Å². The van der Waals surface area contributed by atoms with Crippen molar-refractivity contribution in [1.82, 2.24) is 5.32 Å². The van der Waals surface area contributed by atoms with Gasteiger partial charge in [0.1, 0.15) is 6.04 Å². The average Bonchev–Trinajstić information content (AvgIpc) is 2.02. The molecule has 0 aliphatic heterocycles. The summed E-state index contributed by atoms with van der Waals surface area (Å²) in [6, 6.07) is -1.90. The standard InChI is InChI=1S/C7H11N2O4/c1-4(8)7(13)9-5(3-10)2-6(11)12/h4-5H,2,8H2,1H3,(H,9,13)(H,11,12)/t4-,5-/m0/s1. The summed E-state index contributed by atoms with van der Waals surface area (Å²) >= 11 is 0. The molecule has 1 radical (unpaired) electrons. The van der Waals surface area contributed by atoms with E-state index in [0.29, 0.717) is 0 Å². The summed E-state index contributed by atoms with van der Waals surface area (Å²) < 4.78 is 0. The van der Waals surface area contributed by atoms with Gasteiger partial charge in [-0.2, -0.15) is 0 Å². The van der Waals surface area contributed by atoms with E-state index in [0.717, 1.165) is 0 Å². The van der Waals surface area contributed by atoms with E-state index >= 15 is 0 Å². The minimum Gasteiger partial charge on any atom is -0.481 e. The van der Waals surface area contributed by atoms with Crippen molar-refractivity contribution in [2.75, 3.05) is 0 Å². The average molecular weight is 187 g/mol. The Hall–Kier alpha value is -1.43. The van der Waals surface area contributed by atoms with Crippen LogP contribution in [0.5, 0.6) is 0 Å². The monoisotopic (exact) mass is 187 g/mol. The number of nitrogens with two attached hydrogens (primary N) is 1. The van der Waals surface area contributed by atoms with Crippen molar-refractivity contribution in [3.05, 3.63) is 0 Å². The van der Waals surface area contributed by atoms with E-state index < -0.39 is 30.4 Å². The molecule has 0 saturated heterocycles. The Morgan fingerprint density at radius 2 is 2.15 bits per heavy atom. The highest BCUT2D eigenvalue weighted by molar-refractivity contribution is 5.85. The first-order valence-electron chi connectivity index (χ1n) is 3.62. The van der Waals surface area contributed by atoms with E-state index in [1.807, 2.05) is 0 Å². The summed E-state index contributed by atoms with van der Waals surface area (Å²) in [5.74, 6) is -1.76. The van der Waals surface area contributed by atoms with Gasteiger partial charge in [0, 0.05) is 0 Å². The largest absolute Gasteiger partial charge is 0.481 e. The van der Waals surface area contributed by atoms with Gasteiger partial charge in [-0.15, -0.1) is 0 Å². The Morgan fingerprint density at radius 3 is 2.46 bits per heavy atom. The van der Waals surface area contributed by atoms with Crippen molar-refractivity contribution >= 4 is 18.2 Å². The van der Waals surface area contributed by atoms with Gasteiger partial charge in [-0.25, -0.2) is 0 Å². The number of hydrogen-bond acceptors (Lipinski definition) is 4. The highest BCUT2D eigenvalue weighted by atomic mass is 16.4. The van der Waals surface area contributed by atoms with Crippen LogP contribution in [0.3, 0.4) is 0 Å². The molecule has 6 nitrogen and oxygen atoms in total. The van der Waals surface area contributed by atoms with Gasteiger partial charge in [-0.1, -0.05) is 0 Å². The predicted octanol–water partition coefficient (Wildman–Crippen LogP) is -1.60. The lowest BCUT2D eigenvalue weighted by Crippen LogP contribution is -2.45. The van der Waals surface area contributed by atoms with Gasteiger partial charge in [0.25, 0.3) is 0 Å². The molecule has 0 unspecified atom stereocenters. The molecule has 4 N–H and O–H groups in total. The van der Waals surface area contributed by atoms with Crippen LogP contribution in [0, 0.1) is 0 Å². The maximum Gasteiger partial charge on any atom is 0.305 e. The Morgan fingerprint density at radius 1 is 1.62 bits per heavy atom. The first-order chi connectivity index (χ1) is 5.97. The normalized spacial score (nSPS) is 14.3. The number of hydrogen-bond donors (Lipinski definition) is 3. The van der Waals surface area contributed by atoms with Gasteiger partial charge >= 0.3 is 5.97 Å². The molecule has 0 heterocycles. The molecule has 0 aromatic heterocycles. The minimum atomic E-state index is -1.18. The van der Waals surface area contributed by atoms with Crippen LogP contribution in [0.1, 0.15) is 13.3 Å². The van der Waals surface area contributed by atoms with Crippen molar-refractivity contribution in [2.45, 2.75) is 25.4 Å². The van der Waals surface area contributed by atoms with Crippen LogP contribution in [0.2, 0.25) is 0 Å². The molecule has 0 saturated carbocycles. The van der Waals surface area contributed by atoms with E-state index in [2.05, 4.69) is 5.32 Å². The van der Waals surface area contributed by atoms with Gasteiger partial charge in [0.15, 0.2) is 0 Å². The molecule has 2 atom stereocenters. The molecule has 6 heteroatoms. The molecule has 0 bridgehead atoms. The number of amides is 1. The summed E-state index contributed by atoms with van der Waals surface area (Å²) in [7, 11) is 0. The van der Waals surface area contributed by atoms with E-state index in [1.165, 1.54) is 13.2 Å². The number of carboxylic acid groups (broad SMARTS) is 1. The summed E-state index contributed by atoms with van der Waals surface area (Å²) in [5, 5.41) is 10.4. The zero-order valence-corrected chi connectivity index (χ0v) is 7.11. The van der Waals surface area contributed by atoms with Gasteiger partial charge in [0.2, 0.25) is 12.2 Å². The first-order valence-corrected chi connectivity index (χ1v) is 3.62. The molecular weight excluding hydrogens is 176 g/mol. The van der Waals surface area contributed by atoms with Gasteiger partial charge in [-0.3, -0.25) is 14.4 Å². The van der Waals surface area contributed by atoms with Crippen molar-refractivity contribution in [3.8, 4) is 0 Å². The predicted molar refractivity (Wildman–Crippen MR) is 43.5 cm³/mol. The number of aliphatic carboxylic acids is 1. The molecule has 0 aromatic rings. The molecule has 0 aliphatic carbocycles. The van der Waals surface area contributed by atoms with E-state index in [-0.39, 0.29) is 0 Å². The summed E-state index contributed by atoms with van der Waals surface area (Å²) in [4.78, 5) is 31.2. The second-order valence-electron chi connectivity index (χ2n) is 2.57. The quantitative estimate of drug-likeness (QED) is 0.480. The van der Waals surface area contributed by atoms with Crippen LogP contribution in [0.15, 0.2) is 0 Å². The highest BCUT2D eigenvalue weighted by Gasteiger charge is 2.17. The third-order valence-corrected chi connectivity index (χ3v) is 1.25. The second-order valence-corrected chi connectivity index (χ2v) is 2.57. The van der Waals surface area contributed by atoms with Crippen LogP contribution in [-0.4, -0.2) is 35.4 Å². The van der Waals surface area contributed by atoms with Crippen molar-refractivity contribution < 1.29 is 19.5 Å². The smallest absolute Gasteiger partial charge is 0.305 e. The highest BCUT2D eigenvalue weighted by Crippen LogP contribution is 1.89. The van der Waals surface area contributed by atoms with Crippen molar-refractivity contribution in [1.29, 1.82) is 0 Å². The van der Waals surface area contributed by atoms with Gasteiger partial charge < -0.3 is 16.2 Å². The van der Waals surface area contributed by atoms with Crippen molar-refractivity contribution in [3.63, 3.8) is 0 Å². The third kappa shape index (κ3) is 4.91. The maximum atomic E-state index is 10.9. The second kappa shape index (κ2) is 5.26. The molecular formula is C7H11N2O4. The third-order valence-electron chi connectivity index (χ3n) is 1.25. The fourth-order valence-corrected chi connectivity index (χ4v) is 0.600. The van der Waals surface area contributed by atoms with Gasteiger partial charge in [-0.05, 0) is 6.92 Å². The summed E-state index contributed by atoms with van der Waals surface area (Å²) in [6.45, 7) is 1.43. The van der Waals surface area contributed by atoms with Crippen LogP contribution in [-0.2, 0) is 14.4 Å². The van der Waals surface area contributed by atoms with Crippen LogP contribution in [0.4, 0.5) is 0 Å². The molecule has 1 amide bonds. The number of nitrogens with one attached hydrogen (secondary N) is 1. The Kier molecular flexibility index (Phi) is 4.68. The SMILES string of the molecule is C[C@H](N)C(=O)N[C@H]([C]=O)CC(=O)O. The van der Waals surface area contributed by atoms with Crippen LogP contribution < -0.4 is 11.1 Å². The lowest BCUT2D eigenvalue weighted by molar-refractivity contribution is -0.137. The lowest BCUT2D eigenvalue weighted by atomic mass is 10.2. The van der Waals surface area contributed by atoms with Crippen molar-refractivity contribution in [2.24, 2.45) is 5.73 Å². The first kappa shape index (κ1) is 11.6. The Balaban J connectivity index is 4.05. The molecule has 0 rings (SSSR count). The molecule has 0 aromatic carbocycles. The summed E-state index contributed by atoms with van der Waals surface area (Å²) in [6.07, 6.45) is 0.917. The number of carbonyl (C=O) groups is 2. The van der Waals surface area contributed by atoms with E-state index in [9.17, 15) is 14.4 Å². The molecule has 0 fully saturated rings. The number of carboxylic acids is 1. The molecule has 13 heavy (non-hydrogen) atoms. The number of carbonyl (C=O) groups excluding carboxylic acids is 2. The zero-order valence-electron chi connectivity index (χ0n) is 7.11. The Labute approximate surface area is 75.1 Å². The fourth-order valence-electron chi connectivity index (χ4n) is 0.600.